The molecule has 0 unspecified atom stereocenters. The first-order chi connectivity index (χ1) is 14.7. The van der Waals surface area contributed by atoms with Crippen LogP contribution in [0.25, 0.3) is 10.9 Å². The number of fused-ring (bicyclic) bond motifs is 1. The lowest BCUT2D eigenvalue weighted by atomic mass is 9.94. The molecule has 3 aromatic rings. The molecule has 1 fully saturated rings. The van der Waals surface area contributed by atoms with E-state index in [-0.39, 0.29) is 0 Å². The Balaban J connectivity index is 1.62. The number of hydrogen-bond donors (Lipinski definition) is 1. The van der Waals surface area contributed by atoms with E-state index in [1.165, 1.54) is 48.6 Å². The van der Waals surface area contributed by atoms with Crippen LogP contribution in [-0.4, -0.2) is 27.7 Å². The molecule has 0 atom stereocenters. The zero-order valence-electron chi connectivity index (χ0n) is 17.9. The first-order valence-corrected chi connectivity index (χ1v) is 11.4. The molecule has 158 valence electrons. The number of aryl methyl sites for hydroxylation is 1. The largest absolute Gasteiger partial charge is 0.497 e. The Kier molecular flexibility index (Phi) is 6.58. The van der Waals surface area contributed by atoms with Crippen molar-refractivity contribution < 1.29 is 4.74 Å². The second kappa shape index (κ2) is 9.52. The van der Waals surface area contributed by atoms with Crippen LogP contribution in [0.3, 0.4) is 0 Å². The highest BCUT2D eigenvalue weighted by molar-refractivity contribution is 7.80. The fraction of sp³-hybridized carbons (Fsp3) is 0.400. The van der Waals surface area contributed by atoms with Crippen molar-refractivity contribution in [2.75, 3.05) is 12.4 Å². The smallest absolute Gasteiger partial charge is 0.173 e. The second-order valence-electron chi connectivity index (χ2n) is 8.04. The number of anilines is 1. The summed E-state index contributed by atoms with van der Waals surface area (Å²) in [7, 11) is 1.69. The average Bonchev–Trinajstić information content (AvgIpc) is 3.16. The van der Waals surface area contributed by atoms with Crippen LogP contribution in [0.4, 0.5) is 5.69 Å². The Morgan fingerprint density at radius 2 is 1.93 bits per heavy atom. The highest BCUT2D eigenvalue weighted by Gasteiger charge is 2.25. The van der Waals surface area contributed by atoms with E-state index in [1.807, 2.05) is 24.3 Å². The maximum atomic E-state index is 5.94. The summed E-state index contributed by atoms with van der Waals surface area (Å²) >= 11 is 5.94. The van der Waals surface area contributed by atoms with Gasteiger partial charge in [0.25, 0.3) is 0 Å². The van der Waals surface area contributed by atoms with Crippen LogP contribution in [0.5, 0.6) is 5.75 Å². The number of thiocarbonyl (C=S) groups is 1. The number of aromatic nitrogens is 1. The zero-order valence-corrected chi connectivity index (χ0v) is 18.8. The van der Waals surface area contributed by atoms with E-state index in [0.717, 1.165) is 29.6 Å². The van der Waals surface area contributed by atoms with Crippen molar-refractivity contribution in [1.29, 1.82) is 0 Å². The lowest BCUT2D eigenvalue weighted by Crippen LogP contribution is -2.43. The fourth-order valence-electron chi connectivity index (χ4n) is 4.55. The summed E-state index contributed by atoms with van der Waals surface area (Å²) in [5.41, 5.74) is 3.61. The lowest BCUT2D eigenvalue weighted by molar-refractivity contribution is 0.241. The summed E-state index contributed by atoms with van der Waals surface area (Å²) in [6.07, 6.45) is 8.59. The minimum Gasteiger partial charge on any atom is -0.497 e. The van der Waals surface area contributed by atoms with Crippen molar-refractivity contribution in [2.45, 2.75) is 58.2 Å². The fourth-order valence-corrected chi connectivity index (χ4v) is 4.88. The molecule has 4 nitrogen and oxygen atoms in total. The summed E-state index contributed by atoms with van der Waals surface area (Å²) in [6, 6.07) is 17.1. The third kappa shape index (κ3) is 4.46. The molecule has 1 aromatic heterocycles. The molecule has 5 heteroatoms. The quantitative estimate of drug-likeness (QED) is 0.480. The number of nitrogens with one attached hydrogen (secondary N) is 1. The predicted octanol–water partition coefficient (Wildman–Crippen LogP) is 6.20. The number of nitrogens with zero attached hydrogens (tertiary/aromatic N) is 2. The van der Waals surface area contributed by atoms with Gasteiger partial charge < -0.3 is 19.5 Å². The third-order valence-electron chi connectivity index (χ3n) is 6.15. The van der Waals surface area contributed by atoms with Gasteiger partial charge in [-0.15, -0.1) is 0 Å². The van der Waals surface area contributed by atoms with Crippen molar-refractivity contribution >= 4 is 33.9 Å². The predicted molar refractivity (Wildman–Crippen MR) is 129 cm³/mol. The molecule has 0 saturated heterocycles. The van der Waals surface area contributed by atoms with Crippen molar-refractivity contribution in [3.05, 3.63) is 60.3 Å². The van der Waals surface area contributed by atoms with Crippen molar-refractivity contribution in [3.8, 4) is 5.75 Å². The van der Waals surface area contributed by atoms with E-state index < -0.39 is 0 Å². The van der Waals surface area contributed by atoms with Crippen LogP contribution in [0.1, 0.15) is 44.6 Å². The molecule has 0 spiro atoms. The molecule has 1 saturated carbocycles. The van der Waals surface area contributed by atoms with Crippen LogP contribution in [0.15, 0.2) is 54.7 Å². The summed E-state index contributed by atoms with van der Waals surface area (Å²) in [5.74, 6) is 0.832. The molecule has 2 aromatic carbocycles. The Labute approximate surface area is 184 Å². The van der Waals surface area contributed by atoms with Gasteiger partial charge in [0.1, 0.15) is 5.75 Å². The standard InChI is InChI=1S/C25H31N3OS/c1-3-27-17-19(23-14-7-8-15-24(23)27)18-28(21-11-5-4-6-12-21)25(30)26-20-10-9-13-22(16-20)29-2/h7-10,13-17,21H,3-6,11-12,18H2,1-2H3,(H,26,30). The zero-order chi connectivity index (χ0) is 20.9. The van der Waals surface area contributed by atoms with Gasteiger partial charge in [-0.1, -0.05) is 43.5 Å². The van der Waals surface area contributed by atoms with E-state index in [0.29, 0.717) is 6.04 Å². The van der Waals surface area contributed by atoms with Gasteiger partial charge in [-0.2, -0.15) is 0 Å². The molecule has 4 rings (SSSR count). The number of ether oxygens (including phenoxy) is 1. The molecule has 30 heavy (non-hydrogen) atoms. The van der Waals surface area contributed by atoms with Gasteiger partial charge >= 0.3 is 0 Å². The molecular weight excluding hydrogens is 390 g/mol. The van der Waals surface area contributed by atoms with Gasteiger partial charge in [0.2, 0.25) is 0 Å². The SMILES string of the molecule is CCn1cc(CN(C(=S)Nc2cccc(OC)c2)C2CCCCC2)c2ccccc21. The first-order valence-electron chi connectivity index (χ1n) is 11.0. The molecule has 0 radical (unpaired) electrons. The summed E-state index contributed by atoms with van der Waals surface area (Å²) in [5, 5.41) is 5.59. The number of rotatable bonds is 6. The number of benzene rings is 2. The topological polar surface area (TPSA) is 29.4 Å². The molecule has 1 heterocycles. The summed E-state index contributed by atoms with van der Waals surface area (Å²) in [6.45, 7) is 3.99. The Hall–Kier alpha value is -2.53. The van der Waals surface area contributed by atoms with Crippen molar-refractivity contribution in [2.24, 2.45) is 0 Å². The van der Waals surface area contributed by atoms with Gasteiger partial charge in [-0.25, -0.2) is 0 Å². The Morgan fingerprint density at radius 3 is 2.70 bits per heavy atom. The van der Waals surface area contributed by atoms with Crippen LogP contribution in [0, 0.1) is 0 Å². The highest BCUT2D eigenvalue weighted by atomic mass is 32.1. The van der Waals surface area contributed by atoms with Gasteiger partial charge in [0.05, 0.1) is 7.11 Å². The molecule has 1 aliphatic carbocycles. The third-order valence-corrected chi connectivity index (χ3v) is 6.49. The normalized spacial score (nSPS) is 14.6. The van der Waals surface area contributed by atoms with Crippen molar-refractivity contribution in [3.63, 3.8) is 0 Å². The van der Waals surface area contributed by atoms with Crippen LogP contribution in [0.2, 0.25) is 0 Å². The van der Waals surface area contributed by atoms with Crippen molar-refractivity contribution in [1.82, 2.24) is 9.47 Å². The molecule has 0 aliphatic heterocycles. The average molecular weight is 422 g/mol. The van der Waals surface area contributed by atoms with E-state index in [2.05, 4.69) is 52.2 Å². The minimum atomic E-state index is 0.480. The summed E-state index contributed by atoms with van der Waals surface area (Å²) < 4.78 is 7.71. The highest BCUT2D eigenvalue weighted by Crippen LogP contribution is 2.29. The van der Waals surface area contributed by atoms with Gasteiger partial charge in [-0.05, 0) is 55.7 Å². The maximum Gasteiger partial charge on any atom is 0.173 e. The van der Waals surface area contributed by atoms with E-state index in [4.69, 9.17) is 17.0 Å². The summed E-state index contributed by atoms with van der Waals surface area (Å²) in [4.78, 5) is 2.41. The maximum absolute atomic E-state index is 5.94. The number of para-hydroxylation sites is 1. The van der Waals surface area contributed by atoms with Gasteiger partial charge in [-0.3, -0.25) is 0 Å². The lowest BCUT2D eigenvalue weighted by Gasteiger charge is -2.36. The van der Waals surface area contributed by atoms with E-state index in [1.54, 1.807) is 7.11 Å². The Bertz CT molecular complexity index is 1010. The second-order valence-corrected chi connectivity index (χ2v) is 8.43. The molecule has 0 amide bonds. The molecule has 0 bridgehead atoms. The number of hydrogen-bond acceptors (Lipinski definition) is 2. The van der Waals surface area contributed by atoms with E-state index >= 15 is 0 Å². The monoisotopic (exact) mass is 421 g/mol. The van der Waals surface area contributed by atoms with E-state index in [9.17, 15) is 0 Å². The molecule has 1 aliphatic rings. The van der Waals surface area contributed by atoms with Crippen LogP contribution < -0.4 is 10.1 Å². The number of methoxy groups -OCH3 is 1. The molecular formula is C25H31N3OS. The molecule has 1 N–H and O–H groups in total. The minimum absolute atomic E-state index is 0.480. The first kappa shape index (κ1) is 20.7. The van der Waals surface area contributed by atoms with Gasteiger partial charge in [0.15, 0.2) is 5.11 Å². The van der Waals surface area contributed by atoms with Crippen LogP contribution >= 0.6 is 12.2 Å². The Morgan fingerprint density at radius 1 is 1.13 bits per heavy atom. The van der Waals surface area contributed by atoms with Gasteiger partial charge in [0, 0.05) is 48.0 Å². The van der Waals surface area contributed by atoms with Crippen LogP contribution in [-0.2, 0) is 13.1 Å².